The highest BCUT2D eigenvalue weighted by molar-refractivity contribution is 14.0. The molecule has 0 saturated carbocycles. The second kappa shape index (κ2) is 11.7. The maximum absolute atomic E-state index is 4.46. The van der Waals surface area contributed by atoms with Crippen LogP contribution in [0.1, 0.15) is 37.3 Å². The summed E-state index contributed by atoms with van der Waals surface area (Å²) >= 11 is 0. The highest BCUT2D eigenvalue weighted by Crippen LogP contribution is 2.16. The van der Waals surface area contributed by atoms with Crippen molar-refractivity contribution in [1.29, 1.82) is 0 Å². The molecule has 0 bridgehead atoms. The topological polar surface area (TPSA) is 30.9 Å². The number of nitrogens with zero attached hydrogens (tertiary/aromatic N) is 3. The molecule has 0 aromatic heterocycles. The fourth-order valence-corrected chi connectivity index (χ4v) is 3.47. The van der Waals surface area contributed by atoms with E-state index in [9.17, 15) is 0 Å². The first-order valence-electron chi connectivity index (χ1n) is 9.32. The number of benzene rings is 1. The maximum Gasteiger partial charge on any atom is 0.193 e. The van der Waals surface area contributed by atoms with Crippen molar-refractivity contribution in [2.24, 2.45) is 10.9 Å². The zero-order chi connectivity index (χ0) is 17.4. The van der Waals surface area contributed by atoms with Crippen molar-refractivity contribution in [2.45, 2.75) is 39.7 Å². The van der Waals surface area contributed by atoms with Gasteiger partial charge in [0.2, 0.25) is 0 Å². The molecule has 0 radical (unpaired) electrons. The van der Waals surface area contributed by atoms with Crippen LogP contribution < -0.4 is 5.32 Å². The van der Waals surface area contributed by atoms with Crippen LogP contribution in [-0.4, -0.2) is 56.0 Å². The fourth-order valence-electron chi connectivity index (χ4n) is 3.47. The molecule has 0 atom stereocenters. The average molecular weight is 458 g/mol. The monoisotopic (exact) mass is 458 g/mol. The largest absolute Gasteiger partial charge is 0.356 e. The smallest absolute Gasteiger partial charge is 0.193 e. The van der Waals surface area contributed by atoms with Gasteiger partial charge in [0.1, 0.15) is 0 Å². The minimum Gasteiger partial charge on any atom is -0.356 e. The molecule has 1 aromatic carbocycles. The number of rotatable bonds is 6. The van der Waals surface area contributed by atoms with Gasteiger partial charge in [-0.05, 0) is 62.9 Å². The molecule has 1 heterocycles. The standard InChI is InChI=1S/C20H34N4.HI/c1-5-12-24-13-10-18(11-14-24)15-22-20(21-3)23(4)16-19-9-7-6-8-17(19)2;/h6-9,18H,5,10-16H2,1-4H3,(H,21,22);1H. The summed E-state index contributed by atoms with van der Waals surface area (Å²) in [6, 6.07) is 8.57. The quantitative estimate of drug-likeness (QED) is 0.400. The second-order valence-electron chi connectivity index (χ2n) is 7.00. The van der Waals surface area contributed by atoms with E-state index in [0.717, 1.165) is 25.0 Å². The molecule has 1 aliphatic rings. The molecule has 1 aromatic rings. The van der Waals surface area contributed by atoms with Gasteiger partial charge in [0, 0.05) is 27.2 Å². The maximum atomic E-state index is 4.46. The van der Waals surface area contributed by atoms with Crippen LogP contribution in [0.5, 0.6) is 0 Å². The Morgan fingerprint density at radius 2 is 1.96 bits per heavy atom. The first-order chi connectivity index (χ1) is 11.6. The van der Waals surface area contributed by atoms with E-state index in [4.69, 9.17) is 0 Å². The van der Waals surface area contributed by atoms with Crippen molar-refractivity contribution in [3.63, 3.8) is 0 Å². The highest BCUT2D eigenvalue weighted by Gasteiger charge is 2.19. The number of likely N-dealkylation sites (tertiary alicyclic amines) is 1. The van der Waals surface area contributed by atoms with Crippen LogP contribution in [0.3, 0.4) is 0 Å². The molecule has 1 N–H and O–H groups in total. The van der Waals surface area contributed by atoms with Gasteiger partial charge < -0.3 is 15.1 Å². The minimum absolute atomic E-state index is 0. The molecular weight excluding hydrogens is 423 g/mol. The Kier molecular flexibility index (Phi) is 10.4. The molecule has 0 amide bonds. The van der Waals surface area contributed by atoms with Crippen molar-refractivity contribution in [2.75, 3.05) is 40.3 Å². The number of guanidine groups is 1. The van der Waals surface area contributed by atoms with E-state index in [1.165, 1.54) is 50.0 Å². The van der Waals surface area contributed by atoms with Crippen molar-refractivity contribution in [3.8, 4) is 0 Å². The summed E-state index contributed by atoms with van der Waals surface area (Å²) < 4.78 is 0. The van der Waals surface area contributed by atoms with Gasteiger partial charge >= 0.3 is 0 Å². The lowest BCUT2D eigenvalue weighted by molar-refractivity contribution is 0.185. The summed E-state index contributed by atoms with van der Waals surface area (Å²) in [5.41, 5.74) is 2.69. The molecule has 1 fully saturated rings. The van der Waals surface area contributed by atoms with Crippen LogP contribution in [0.25, 0.3) is 0 Å². The van der Waals surface area contributed by atoms with Gasteiger partial charge in [-0.1, -0.05) is 31.2 Å². The van der Waals surface area contributed by atoms with Gasteiger partial charge in [0.25, 0.3) is 0 Å². The lowest BCUT2D eigenvalue weighted by Crippen LogP contribution is -2.43. The molecule has 1 aliphatic heterocycles. The van der Waals surface area contributed by atoms with E-state index in [0.29, 0.717) is 0 Å². The molecule has 2 rings (SSSR count). The van der Waals surface area contributed by atoms with Crippen molar-refractivity contribution in [3.05, 3.63) is 35.4 Å². The Labute approximate surface area is 171 Å². The molecule has 5 heteroatoms. The Morgan fingerprint density at radius 3 is 2.56 bits per heavy atom. The number of aryl methyl sites for hydroxylation is 1. The third-order valence-electron chi connectivity index (χ3n) is 5.04. The van der Waals surface area contributed by atoms with Crippen molar-refractivity contribution in [1.82, 2.24) is 15.1 Å². The average Bonchev–Trinajstić information content (AvgIpc) is 2.59. The third kappa shape index (κ3) is 7.13. The predicted molar refractivity (Wildman–Crippen MR) is 119 cm³/mol. The number of aliphatic imine (C=N–C) groups is 1. The van der Waals surface area contributed by atoms with Gasteiger partial charge in [-0.2, -0.15) is 0 Å². The Hall–Kier alpha value is -0.820. The normalized spacial score (nSPS) is 16.4. The Morgan fingerprint density at radius 1 is 1.28 bits per heavy atom. The molecular formula is C20H35IN4. The van der Waals surface area contributed by atoms with Crippen LogP contribution >= 0.6 is 24.0 Å². The first kappa shape index (κ1) is 22.2. The molecule has 0 aliphatic carbocycles. The van der Waals surface area contributed by atoms with E-state index in [2.05, 4.69) is 65.3 Å². The van der Waals surface area contributed by atoms with E-state index in [1.54, 1.807) is 0 Å². The van der Waals surface area contributed by atoms with Gasteiger partial charge in [0.15, 0.2) is 5.96 Å². The van der Waals surface area contributed by atoms with Gasteiger partial charge in [-0.25, -0.2) is 0 Å². The lowest BCUT2D eigenvalue weighted by atomic mass is 9.97. The SMILES string of the molecule is CCCN1CCC(CNC(=NC)N(C)Cc2ccccc2C)CC1.I. The minimum atomic E-state index is 0. The molecule has 142 valence electrons. The lowest BCUT2D eigenvalue weighted by Gasteiger charge is -2.32. The number of hydrogen-bond donors (Lipinski definition) is 1. The number of nitrogens with one attached hydrogen (secondary N) is 1. The van der Waals surface area contributed by atoms with Crippen LogP contribution in [0.2, 0.25) is 0 Å². The number of halogens is 1. The summed E-state index contributed by atoms with van der Waals surface area (Å²) in [7, 11) is 3.99. The van der Waals surface area contributed by atoms with Crippen LogP contribution in [-0.2, 0) is 6.54 Å². The summed E-state index contributed by atoms with van der Waals surface area (Å²) in [6.07, 6.45) is 3.86. The molecule has 25 heavy (non-hydrogen) atoms. The van der Waals surface area contributed by atoms with Crippen LogP contribution in [0.4, 0.5) is 0 Å². The zero-order valence-electron chi connectivity index (χ0n) is 16.3. The van der Waals surface area contributed by atoms with E-state index in [-0.39, 0.29) is 24.0 Å². The summed E-state index contributed by atoms with van der Waals surface area (Å²) in [5.74, 6) is 1.76. The van der Waals surface area contributed by atoms with Gasteiger partial charge in [-0.15, -0.1) is 24.0 Å². The third-order valence-corrected chi connectivity index (χ3v) is 5.04. The predicted octanol–water partition coefficient (Wildman–Crippen LogP) is 3.74. The van der Waals surface area contributed by atoms with E-state index >= 15 is 0 Å². The van der Waals surface area contributed by atoms with Gasteiger partial charge in [-0.3, -0.25) is 4.99 Å². The van der Waals surface area contributed by atoms with Crippen LogP contribution in [0, 0.1) is 12.8 Å². The number of piperidine rings is 1. The molecule has 4 nitrogen and oxygen atoms in total. The highest BCUT2D eigenvalue weighted by atomic mass is 127. The van der Waals surface area contributed by atoms with Gasteiger partial charge in [0.05, 0.1) is 0 Å². The fraction of sp³-hybridized carbons (Fsp3) is 0.650. The number of hydrogen-bond acceptors (Lipinski definition) is 2. The van der Waals surface area contributed by atoms with Crippen molar-refractivity contribution >= 4 is 29.9 Å². The summed E-state index contributed by atoms with van der Waals surface area (Å²) in [5, 5.41) is 3.58. The molecule has 0 spiro atoms. The van der Waals surface area contributed by atoms with E-state index in [1.807, 2.05) is 7.05 Å². The summed E-state index contributed by atoms with van der Waals surface area (Å²) in [4.78, 5) is 9.27. The molecule has 1 saturated heterocycles. The Balaban J connectivity index is 0.00000312. The first-order valence-corrected chi connectivity index (χ1v) is 9.32. The Bertz CT molecular complexity index is 524. The molecule has 0 unspecified atom stereocenters. The second-order valence-corrected chi connectivity index (χ2v) is 7.00. The van der Waals surface area contributed by atoms with Crippen molar-refractivity contribution < 1.29 is 0 Å². The van der Waals surface area contributed by atoms with Crippen LogP contribution in [0.15, 0.2) is 29.3 Å². The zero-order valence-corrected chi connectivity index (χ0v) is 18.6. The summed E-state index contributed by atoms with van der Waals surface area (Å²) in [6.45, 7) is 10.1. The van der Waals surface area contributed by atoms with E-state index < -0.39 is 0 Å².